The standard InChI is InChI=1S/C16H20N4OS/c1-11-17-18-16(20(11)13-9-10-13)22-14(15(21)19(2)3)12-7-5-4-6-8-12/h4-8,13-14H,9-10H2,1-3H3/t14-/m0/s1. The zero-order valence-corrected chi connectivity index (χ0v) is 13.9. The van der Waals surface area contributed by atoms with Crippen molar-refractivity contribution in [2.45, 2.75) is 36.2 Å². The average molecular weight is 316 g/mol. The highest BCUT2D eigenvalue weighted by molar-refractivity contribution is 8.00. The van der Waals surface area contributed by atoms with Gasteiger partial charge in [0.25, 0.3) is 0 Å². The Balaban J connectivity index is 1.92. The lowest BCUT2D eigenvalue weighted by Crippen LogP contribution is -2.27. The molecule has 3 rings (SSSR count). The van der Waals surface area contributed by atoms with Gasteiger partial charge in [-0.2, -0.15) is 0 Å². The highest BCUT2D eigenvalue weighted by Crippen LogP contribution is 2.42. The number of amides is 1. The zero-order valence-electron chi connectivity index (χ0n) is 13.1. The van der Waals surface area contributed by atoms with Crippen LogP contribution >= 0.6 is 11.8 Å². The Morgan fingerprint density at radius 3 is 2.55 bits per heavy atom. The summed E-state index contributed by atoms with van der Waals surface area (Å²) in [6.45, 7) is 1.97. The highest BCUT2D eigenvalue weighted by Gasteiger charge is 2.31. The van der Waals surface area contributed by atoms with E-state index in [1.165, 1.54) is 24.6 Å². The molecule has 1 aliphatic rings. The largest absolute Gasteiger partial charge is 0.348 e. The fourth-order valence-electron chi connectivity index (χ4n) is 2.41. The van der Waals surface area contributed by atoms with E-state index >= 15 is 0 Å². The number of rotatable bonds is 5. The molecular formula is C16H20N4OS. The fourth-order valence-corrected chi connectivity index (χ4v) is 3.71. The first kappa shape index (κ1) is 15.1. The number of carbonyl (C=O) groups is 1. The summed E-state index contributed by atoms with van der Waals surface area (Å²) < 4.78 is 2.17. The molecule has 1 aromatic carbocycles. The predicted octanol–water partition coefficient (Wildman–Crippen LogP) is 2.84. The molecule has 0 saturated heterocycles. The molecule has 0 aliphatic heterocycles. The number of thioether (sulfide) groups is 1. The van der Waals surface area contributed by atoms with Crippen molar-refractivity contribution in [3.05, 3.63) is 41.7 Å². The quantitative estimate of drug-likeness (QED) is 0.796. The second kappa shape index (κ2) is 6.12. The van der Waals surface area contributed by atoms with Gasteiger partial charge in [-0.1, -0.05) is 42.1 Å². The summed E-state index contributed by atoms with van der Waals surface area (Å²) in [6, 6.07) is 10.4. The minimum Gasteiger partial charge on any atom is -0.348 e. The third kappa shape index (κ3) is 3.02. The van der Waals surface area contributed by atoms with Crippen molar-refractivity contribution in [3.63, 3.8) is 0 Å². The van der Waals surface area contributed by atoms with E-state index in [2.05, 4.69) is 14.8 Å². The van der Waals surface area contributed by atoms with Crippen molar-refractivity contribution in [2.24, 2.45) is 0 Å². The van der Waals surface area contributed by atoms with Crippen molar-refractivity contribution in [1.29, 1.82) is 0 Å². The van der Waals surface area contributed by atoms with Crippen LogP contribution in [0.15, 0.2) is 35.5 Å². The minimum atomic E-state index is -0.294. The molecule has 0 radical (unpaired) electrons. The van der Waals surface area contributed by atoms with Gasteiger partial charge in [-0.15, -0.1) is 10.2 Å². The van der Waals surface area contributed by atoms with E-state index in [-0.39, 0.29) is 11.2 Å². The second-order valence-corrected chi connectivity index (χ2v) is 6.84. The maximum atomic E-state index is 12.6. The molecule has 1 saturated carbocycles. The van der Waals surface area contributed by atoms with Gasteiger partial charge >= 0.3 is 0 Å². The lowest BCUT2D eigenvalue weighted by atomic mass is 10.1. The van der Waals surface area contributed by atoms with Gasteiger partial charge in [-0.3, -0.25) is 4.79 Å². The van der Waals surface area contributed by atoms with Crippen LogP contribution in [0.4, 0.5) is 0 Å². The van der Waals surface area contributed by atoms with E-state index < -0.39 is 0 Å². The van der Waals surface area contributed by atoms with Crippen LogP contribution in [0, 0.1) is 6.92 Å². The molecule has 6 heteroatoms. The van der Waals surface area contributed by atoms with Gasteiger partial charge in [0.2, 0.25) is 5.91 Å². The molecule has 116 valence electrons. The SMILES string of the molecule is Cc1nnc(S[C@H](C(=O)N(C)C)c2ccccc2)n1C1CC1. The molecule has 1 atom stereocenters. The summed E-state index contributed by atoms with van der Waals surface area (Å²) in [7, 11) is 3.57. The maximum Gasteiger partial charge on any atom is 0.240 e. The molecule has 0 unspecified atom stereocenters. The molecular weight excluding hydrogens is 296 g/mol. The molecule has 22 heavy (non-hydrogen) atoms. The summed E-state index contributed by atoms with van der Waals surface area (Å²) in [5.41, 5.74) is 0.995. The predicted molar refractivity (Wildman–Crippen MR) is 86.8 cm³/mol. The van der Waals surface area contributed by atoms with E-state index in [4.69, 9.17) is 0 Å². The molecule has 0 N–H and O–H groups in total. The van der Waals surface area contributed by atoms with Crippen LogP contribution in [0.3, 0.4) is 0 Å². The average Bonchev–Trinajstić information content (AvgIpc) is 3.28. The first-order valence-electron chi connectivity index (χ1n) is 7.42. The molecule has 5 nitrogen and oxygen atoms in total. The Kier molecular flexibility index (Phi) is 4.20. The van der Waals surface area contributed by atoms with Crippen LogP contribution < -0.4 is 0 Å². The summed E-state index contributed by atoms with van der Waals surface area (Å²) in [6.07, 6.45) is 2.34. The smallest absolute Gasteiger partial charge is 0.240 e. The van der Waals surface area contributed by atoms with Crippen molar-refractivity contribution in [2.75, 3.05) is 14.1 Å². The topological polar surface area (TPSA) is 51.0 Å². The molecule has 2 aromatic rings. The van der Waals surface area contributed by atoms with Gasteiger partial charge in [-0.25, -0.2) is 0 Å². The third-order valence-corrected chi connectivity index (χ3v) is 4.94. The highest BCUT2D eigenvalue weighted by atomic mass is 32.2. The van der Waals surface area contributed by atoms with Crippen LogP contribution in [0.1, 0.15) is 35.5 Å². The van der Waals surface area contributed by atoms with E-state index in [0.29, 0.717) is 6.04 Å². The van der Waals surface area contributed by atoms with Crippen LogP contribution in [-0.4, -0.2) is 39.7 Å². The fraction of sp³-hybridized carbons (Fsp3) is 0.438. The number of likely N-dealkylation sites (N-methyl/N-ethyl adjacent to an activating group) is 1. The Bertz CT molecular complexity index is 664. The Morgan fingerprint density at radius 1 is 1.27 bits per heavy atom. The van der Waals surface area contributed by atoms with E-state index in [1.807, 2.05) is 37.3 Å². The molecule has 1 amide bonds. The Morgan fingerprint density at radius 2 is 1.95 bits per heavy atom. The Hall–Kier alpha value is -1.82. The summed E-state index contributed by atoms with van der Waals surface area (Å²) in [4.78, 5) is 14.2. The first-order chi connectivity index (χ1) is 10.6. The summed E-state index contributed by atoms with van der Waals surface area (Å²) in [5, 5.41) is 9.03. The maximum absolute atomic E-state index is 12.6. The normalized spacial score (nSPS) is 15.6. The number of carbonyl (C=O) groups excluding carboxylic acids is 1. The van der Waals surface area contributed by atoms with Gasteiger partial charge in [0.05, 0.1) is 0 Å². The molecule has 1 aliphatic carbocycles. The van der Waals surface area contributed by atoms with Gasteiger partial charge in [-0.05, 0) is 25.3 Å². The van der Waals surface area contributed by atoms with Crippen molar-refractivity contribution >= 4 is 17.7 Å². The molecule has 0 spiro atoms. The third-order valence-electron chi connectivity index (χ3n) is 3.74. The van der Waals surface area contributed by atoms with Crippen LogP contribution in [0.5, 0.6) is 0 Å². The van der Waals surface area contributed by atoms with Crippen LogP contribution in [0.25, 0.3) is 0 Å². The molecule has 1 aromatic heterocycles. The minimum absolute atomic E-state index is 0.0687. The lowest BCUT2D eigenvalue weighted by Gasteiger charge is -2.20. The Labute approximate surface area is 134 Å². The van der Waals surface area contributed by atoms with Crippen molar-refractivity contribution < 1.29 is 4.79 Å². The summed E-state index contributed by atoms with van der Waals surface area (Å²) >= 11 is 1.49. The first-order valence-corrected chi connectivity index (χ1v) is 8.30. The number of aryl methyl sites for hydroxylation is 1. The molecule has 1 heterocycles. The number of aromatic nitrogens is 3. The monoisotopic (exact) mass is 316 g/mol. The van der Waals surface area contributed by atoms with Gasteiger partial charge < -0.3 is 9.47 Å². The lowest BCUT2D eigenvalue weighted by molar-refractivity contribution is -0.128. The zero-order chi connectivity index (χ0) is 15.7. The van der Waals surface area contributed by atoms with E-state index in [0.717, 1.165) is 16.5 Å². The molecule has 1 fully saturated rings. The molecule has 0 bridgehead atoms. The van der Waals surface area contributed by atoms with E-state index in [1.54, 1.807) is 19.0 Å². The van der Waals surface area contributed by atoms with Crippen molar-refractivity contribution in [3.8, 4) is 0 Å². The van der Waals surface area contributed by atoms with E-state index in [9.17, 15) is 4.79 Å². The number of hydrogen-bond donors (Lipinski definition) is 0. The van der Waals surface area contributed by atoms with Crippen LogP contribution in [-0.2, 0) is 4.79 Å². The number of nitrogens with zero attached hydrogens (tertiary/aromatic N) is 4. The summed E-state index contributed by atoms with van der Waals surface area (Å²) in [5.74, 6) is 0.994. The number of hydrogen-bond acceptors (Lipinski definition) is 4. The van der Waals surface area contributed by atoms with Gasteiger partial charge in [0.1, 0.15) is 11.1 Å². The number of benzene rings is 1. The van der Waals surface area contributed by atoms with Gasteiger partial charge in [0, 0.05) is 20.1 Å². The van der Waals surface area contributed by atoms with Crippen molar-refractivity contribution in [1.82, 2.24) is 19.7 Å². The van der Waals surface area contributed by atoms with Crippen LogP contribution in [0.2, 0.25) is 0 Å². The second-order valence-electron chi connectivity index (χ2n) is 5.77. The van der Waals surface area contributed by atoms with Gasteiger partial charge in [0.15, 0.2) is 5.16 Å².